The standard InChI is InChI=1S/C22H35N3OS.HI/c1-3-27(26)20-13-9-12-19(16-20)25-21(23-2)24-17-22(14-7-8-15-22)18-10-5-4-6-11-18;/h4-6,10-11,19-20H,3,7-9,12-17H2,1-2H3,(H2,23,24,25);1H. The van der Waals surface area contributed by atoms with Crippen LogP contribution in [0.4, 0.5) is 0 Å². The van der Waals surface area contributed by atoms with Crippen LogP contribution < -0.4 is 10.6 Å². The van der Waals surface area contributed by atoms with E-state index in [1.165, 1.54) is 31.2 Å². The second kappa shape index (κ2) is 11.5. The molecule has 0 amide bonds. The molecule has 0 radical (unpaired) electrons. The van der Waals surface area contributed by atoms with Crippen molar-refractivity contribution in [2.45, 2.75) is 75.0 Å². The molecule has 0 spiro atoms. The fourth-order valence-corrected chi connectivity index (χ4v) is 6.15. The number of nitrogens with one attached hydrogen (secondary N) is 2. The van der Waals surface area contributed by atoms with Crippen molar-refractivity contribution in [2.24, 2.45) is 4.99 Å². The van der Waals surface area contributed by atoms with Crippen molar-refractivity contribution in [3.63, 3.8) is 0 Å². The van der Waals surface area contributed by atoms with Crippen molar-refractivity contribution in [3.05, 3.63) is 35.9 Å². The van der Waals surface area contributed by atoms with Gasteiger partial charge in [0.2, 0.25) is 0 Å². The summed E-state index contributed by atoms with van der Waals surface area (Å²) in [5.41, 5.74) is 1.67. The Labute approximate surface area is 190 Å². The first kappa shape index (κ1) is 23.6. The van der Waals surface area contributed by atoms with Crippen molar-refractivity contribution < 1.29 is 4.21 Å². The number of benzene rings is 1. The lowest BCUT2D eigenvalue weighted by atomic mass is 9.79. The van der Waals surface area contributed by atoms with E-state index in [2.05, 4.69) is 46.0 Å². The van der Waals surface area contributed by atoms with Crippen LogP contribution in [0.2, 0.25) is 0 Å². The zero-order chi connectivity index (χ0) is 19.1. The Balaban J connectivity index is 0.00000280. The molecule has 0 heterocycles. The van der Waals surface area contributed by atoms with Crippen LogP contribution in [0.25, 0.3) is 0 Å². The van der Waals surface area contributed by atoms with Gasteiger partial charge >= 0.3 is 0 Å². The summed E-state index contributed by atoms with van der Waals surface area (Å²) in [6, 6.07) is 11.3. The number of hydrogen-bond acceptors (Lipinski definition) is 2. The van der Waals surface area contributed by atoms with E-state index in [4.69, 9.17) is 0 Å². The molecule has 3 unspecified atom stereocenters. The summed E-state index contributed by atoms with van der Waals surface area (Å²) in [5, 5.41) is 7.57. The van der Waals surface area contributed by atoms with E-state index in [0.717, 1.165) is 43.9 Å². The van der Waals surface area contributed by atoms with Crippen LogP contribution in [0, 0.1) is 0 Å². The van der Waals surface area contributed by atoms with Crippen LogP contribution >= 0.6 is 24.0 Å². The molecule has 2 N–H and O–H groups in total. The van der Waals surface area contributed by atoms with Crippen LogP contribution in [0.15, 0.2) is 35.3 Å². The lowest BCUT2D eigenvalue weighted by Gasteiger charge is -2.33. The number of rotatable bonds is 6. The van der Waals surface area contributed by atoms with Crippen molar-refractivity contribution >= 4 is 40.7 Å². The molecule has 0 aliphatic heterocycles. The third-order valence-electron chi connectivity index (χ3n) is 6.39. The van der Waals surface area contributed by atoms with Crippen molar-refractivity contribution in [3.8, 4) is 0 Å². The van der Waals surface area contributed by atoms with Gasteiger partial charge in [0.1, 0.15) is 0 Å². The predicted molar refractivity (Wildman–Crippen MR) is 131 cm³/mol. The van der Waals surface area contributed by atoms with Gasteiger partial charge in [-0.3, -0.25) is 9.20 Å². The Hall–Kier alpha value is -0.630. The van der Waals surface area contributed by atoms with E-state index in [1.807, 2.05) is 14.0 Å². The van der Waals surface area contributed by atoms with Gasteiger partial charge in [-0.1, -0.05) is 56.5 Å². The van der Waals surface area contributed by atoms with E-state index in [1.54, 1.807) is 0 Å². The molecule has 2 saturated carbocycles. The smallest absolute Gasteiger partial charge is 0.191 e. The van der Waals surface area contributed by atoms with Gasteiger partial charge in [-0.05, 0) is 37.7 Å². The monoisotopic (exact) mass is 517 g/mol. The van der Waals surface area contributed by atoms with Crippen molar-refractivity contribution in [1.82, 2.24) is 10.6 Å². The SMILES string of the molecule is CCS(=O)C1CCCC(NC(=NC)NCC2(c3ccccc3)CCCC2)C1.I. The third-order valence-corrected chi connectivity index (χ3v) is 8.13. The molecule has 6 heteroatoms. The minimum Gasteiger partial charge on any atom is -0.356 e. The molecule has 0 aromatic heterocycles. The molecule has 0 saturated heterocycles. The third kappa shape index (κ3) is 5.94. The first-order valence-electron chi connectivity index (χ1n) is 10.6. The van der Waals surface area contributed by atoms with E-state index in [9.17, 15) is 4.21 Å². The van der Waals surface area contributed by atoms with Crippen LogP contribution in [-0.2, 0) is 16.2 Å². The molecular weight excluding hydrogens is 481 g/mol. The van der Waals surface area contributed by atoms with Gasteiger partial charge in [0.05, 0.1) is 0 Å². The molecule has 4 nitrogen and oxygen atoms in total. The highest BCUT2D eigenvalue weighted by Gasteiger charge is 2.35. The minimum absolute atomic E-state index is 0. The topological polar surface area (TPSA) is 53.5 Å². The second-order valence-corrected chi connectivity index (χ2v) is 10.1. The average Bonchev–Trinajstić information content (AvgIpc) is 3.21. The quantitative estimate of drug-likeness (QED) is 0.335. The van der Waals surface area contributed by atoms with Gasteiger partial charge in [0, 0.05) is 46.9 Å². The molecule has 158 valence electrons. The number of aliphatic imine (C=N–C) groups is 1. The Morgan fingerprint density at radius 2 is 1.89 bits per heavy atom. The van der Waals surface area contributed by atoms with Crippen LogP contribution in [-0.4, -0.2) is 40.8 Å². The summed E-state index contributed by atoms with van der Waals surface area (Å²) in [6.45, 7) is 2.95. The van der Waals surface area contributed by atoms with Gasteiger partial charge < -0.3 is 10.6 Å². The first-order valence-corrected chi connectivity index (χ1v) is 11.9. The zero-order valence-corrected chi connectivity index (χ0v) is 20.4. The summed E-state index contributed by atoms with van der Waals surface area (Å²) in [6.07, 6.45) is 9.46. The zero-order valence-electron chi connectivity index (χ0n) is 17.3. The fraction of sp³-hybridized carbons (Fsp3) is 0.682. The van der Waals surface area contributed by atoms with Crippen molar-refractivity contribution in [1.29, 1.82) is 0 Å². The lowest BCUT2D eigenvalue weighted by Crippen LogP contribution is -2.49. The largest absolute Gasteiger partial charge is 0.356 e. The Kier molecular flexibility index (Phi) is 9.74. The van der Waals surface area contributed by atoms with Gasteiger partial charge in [0.15, 0.2) is 5.96 Å². The first-order chi connectivity index (χ1) is 13.2. The highest BCUT2D eigenvalue weighted by Crippen LogP contribution is 2.40. The highest BCUT2D eigenvalue weighted by molar-refractivity contribution is 14.0. The summed E-state index contributed by atoms with van der Waals surface area (Å²) < 4.78 is 12.2. The molecule has 2 aliphatic carbocycles. The lowest BCUT2D eigenvalue weighted by molar-refractivity contribution is 0.403. The molecule has 2 fully saturated rings. The number of hydrogen-bond donors (Lipinski definition) is 2. The maximum Gasteiger partial charge on any atom is 0.191 e. The maximum absolute atomic E-state index is 12.2. The minimum atomic E-state index is -0.689. The van der Waals surface area contributed by atoms with Gasteiger partial charge in [-0.15, -0.1) is 24.0 Å². The molecule has 2 aliphatic rings. The maximum atomic E-state index is 12.2. The molecule has 3 rings (SSSR count). The van der Waals surface area contributed by atoms with Gasteiger partial charge in [-0.25, -0.2) is 0 Å². The van der Waals surface area contributed by atoms with Crippen molar-refractivity contribution in [2.75, 3.05) is 19.3 Å². The molecule has 3 atom stereocenters. The number of halogens is 1. The molecule has 1 aromatic carbocycles. The summed E-state index contributed by atoms with van der Waals surface area (Å²) in [5.74, 6) is 1.66. The average molecular weight is 518 g/mol. The normalized spacial score (nSPS) is 25.6. The van der Waals surface area contributed by atoms with Gasteiger partial charge in [-0.2, -0.15) is 0 Å². The number of nitrogens with zero attached hydrogens (tertiary/aromatic N) is 1. The van der Waals surface area contributed by atoms with Crippen LogP contribution in [0.1, 0.15) is 63.9 Å². The second-order valence-electron chi connectivity index (χ2n) is 8.08. The Bertz CT molecular complexity index is 646. The fourth-order valence-electron chi connectivity index (χ4n) is 4.80. The van der Waals surface area contributed by atoms with Crippen LogP contribution in [0.3, 0.4) is 0 Å². The van der Waals surface area contributed by atoms with Crippen LogP contribution in [0.5, 0.6) is 0 Å². The molecule has 1 aromatic rings. The molecular formula is C22H36IN3OS. The Morgan fingerprint density at radius 1 is 1.18 bits per heavy atom. The molecule has 28 heavy (non-hydrogen) atoms. The predicted octanol–water partition coefficient (Wildman–Crippen LogP) is 4.36. The van der Waals surface area contributed by atoms with E-state index in [0.29, 0.717) is 11.3 Å². The summed E-state index contributed by atoms with van der Waals surface area (Å²) in [7, 11) is 1.16. The Morgan fingerprint density at radius 3 is 2.54 bits per heavy atom. The molecule has 0 bridgehead atoms. The summed E-state index contributed by atoms with van der Waals surface area (Å²) in [4.78, 5) is 4.48. The van der Waals surface area contributed by atoms with E-state index in [-0.39, 0.29) is 29.4 Å². The summed E-state index contributed by atoms with van der Waals surface area (Å²) >= 11 is 0. The highest BCUT2D eigenvalue weighted by atomic mass is 127. The van der Waals surface area contributed by atoms with E-state index < -0.39 is 10.8 Å². The van der Waals surface area contributed by atoms with E-state index >= 15 is 0 Å². The number of guanidine groups is 1. The van der Waals surface area contributed by atoms with Gasteiger partial charge in [0.25, 0.3) is 0 Å².